The van der Waals surface area contributed by atoms with Gasteiger partial charge in [0.1, 0.15) is 17.6 Å². The molecule has 160 valence electrons. The SMILES string of the molecule is CC(NC(=O)N(C)C)c1ccc(OC2CCN(c3ccc(OC4CC4)cc3)C2)cc1. The molecular weight excluding hydrogens is 378 g/mol. The molecule has 6 nitrogen and oxygen atoms in total. The van der Waals surface area contributed by atoms with E-state index in [1.165, 1.54) is 23.4 Å². The molecule has 2 aromatic carbocycles. The highest BCUT2D eigenvalue weighted by Gasteiger charge is 2.25. The van der Waals surface area contributed by atoms with Crippen LogP contribution >= 0.6 is 0 Å². The van der Waals surface area contributed by atoms with Gasteiger partial charge in [0.15, 0.2) is 0 Å². The number of amides is 2. The Hall–Kier alpha value is -2.89. The van der Waals surface area contributed by atoms with E-state index >= 15 is 0 Å². The van der Waals surface area contributed by atoms with Gasteiger partial charge in [-0.3, -0.25) is 0 Å². The van der Waals surface area contributed by atoms with E-state index < -0.39 is 0 Å². The number of carbonyl (C=O) groups excluding carboxylic acids is 1. The van der Waals surface area contributed by atoms with E-state index in [2.05, 4.69) is 34.5 Å². The number of rotatable bonds is 7. The second-order valence-corrected chi connectivity index (χ2v) is 8.42. The van der Waals surface area contributed by atoms with Crippen molar-refractivity contribution in [2.75, 3.05) is 32.1 Å². The molecule has 2 aromatic rings. The van der Waals surface area contributed by atoms with Crippen molar-refractivity contribution < 1.29 is 14.3 Å². The van der Waals surface area contributed by atoms with Crippen LogP contribution in [0.25, 0.3) is 0 Å². The second kappa shape index (κ2) is 8.86. The van der Waals surface area contributed by atoms with Crippen molar-refractivity contribution in [3.8, 4) is 11.5 Å². The lowest BCUT2D eigenvalue weighted by Crippen LogP contribution is -2.36. The maximum absolute atomic E-state index is 11.8. The minimum Gasteiger partial charge on any atom is -0.490 e. The molecule has 1 aliphatic carbocycles. The molecule has 1 heterocycles. The first kappa shape index (κ1) is 20.4. The largest absolute Gasteiger partial charge is 0.490 e. The molecule has 2 atom stereocenters. The highest BCUT2D eigenvalue weighted by molar-refractivity contribution is 5.74. The summed E-state index contributed by atoms with van der Waals surface area (Å²) in [6.45, 7) is 3.84. The molecule has 4 rings (SSSR count). The van der Waals surface area contributed by atoms with Crippen molar-refractivity contribution in [3.63, 3.8) is 0 Å². The molecule has 2 amide bonds. The van der Waals surface area contributed by atoms with Crippen LogP contribution < -0.4 is 19.7 Å². The molecule has 30 heavy (non-hydrogen) atoms. The predicted octanol–water partition coefficient (Wildman–Crippen LogP) is 4.22. The van der Waals surface area contributed by atoms with Crippen molar-refractivity contribution in [2.45, 2.75) is 44.4 Å². The first-order valence-corrected chi connectivity index (χ1v) is 10.7. The number of nitrogens with zero attached hydrogens (tertiary/aromatic N) is 2. The number of anilines is 1. The summed E-state index contributed by atoms with van der Waals surface area (Å²) in [5.74, 6) is 1.83. The van der Waals surface area contributed by atoms with E-state index in [4.69, 9.17) is 9.47 Å². The minimum atomic E-state index is -0.0963. The fourth-order valence-corrected chi connectivity index (χ4v) is 3.60. The molecule has 2 unspecified atom stereocenters. The highest BCUT2D eigenvalue weighted by atomic mass is 16.5. The molecule has 6 heteroatoms. The number of carbonyl (C=O) groups is 1. The zero-order valence-corrected chi connectivity index (χ0v) is 18.0. The molecular formula is C24H31N3O3. The lowest BCUT2D eigenvalue weighted by Gasteiger charge is -2.20. The van der Waals surface area contributed by atoms with Crippen LogP contribution in [0.1, 0.15) is 37.8 Å². The molecule has 0 bridgehead atoms. The maximum atomic E-state index is 11.8. The summed E-state index contributed by atoms with van der Waals surface area (Å²) < 4.78 is 12.0. The molecule has 1 aliphatic heterocycles. The zero-order valence-electron chi connectivity index (χ0n) is 18.0. The number of benzene rings is 2. The van der Waals surface area contributed by atoms with Gasteiger partial charge in [-0.2, -0.15) is 0 Å². The van der Waals surface area contributed by atoms with E-state index in [0.29, 0.717) is 6.10 Å². The standard InChI is InChI=1S/C24H31N3O3/c1-17(25-24(28)26(2)3)18-4-8-20(9-5-18)30-23-14-15-27(16-23)19-6-10-21(11-7-19)29-22-12-13-22/h4-11,17,22-23H,12-16H2,1-3H3,(H,25,28). The number of urea groups is 1. The van der Waals surface area contributed by atoms with Gasteiger partial charge in [0, 0.05) is 32.7 Å². The first-order chi connectivity index (χ1) is 14.5. The summed E-state index contributed by atoms with van der Waals surface area (Å²) in [6.07, 6.45) is 3.95. The fraction of sp³-hybridized carbons (Fsp3) is 0.458. The summed E-state index contributed by atoms with van der Waals surface area (Å²) in [5.41, 5.74) is 2.27. The van der Waals surface area contributed by atoms with E-state index in [1.807, 2.05) is 31.2 Å². The van der Waals surface area contributed by atoms with Crippen molar-refractivity contribution in [2.24, 2.45) is 0 Å². The molecule has 1 saturated heterocycles. The Morgan fingerprint density at radius 3 is 2.17 bits per heavy atom. The Bertz CT molecular complexity index is 847. The van der Waals surface area contributed by atoms with Crippen molar-refractivity contribution in [3.05, 3.63) is 54.1 Å². The van der Waals surface area contributed by atoms with Gasteiger partial charge in [0.25, 0.3) is 0 Å². The Morgan fingerprint density at radius 1 is 0.967 bits per heavy atom. The van der Waals surface area contributed by atoms with E-state index in [-0.39, 0.29) is 18.2 Å². The van der Waals surface area contributed by atoms with Crippen LogP contribution in [0.4, 0.5) is 10.5 Å². The second-order valence-electron chi connectivity index (χ2n) is 8.42. The van der Waals surface area contributed by atoms with Gasteiger partial charge in [-0.25, -0.2) is 4.79 Å². The third-order valence-corrected chi connectivity index (χ3v) is 5.60. The minimum absolute atomic E-state index is 0.0530. The number of hydrogen-bond acceptors (Lipinski definition) is 4. The third-order valence-electron chi connectivity index (χ3n) is 5.60. The van der Waals surface area contributed by atoms with Gasteiger partial charge in [0.05, 0.1) is 18.7 Å². The van der Waals surface area contributed by atoms with Crippen LogP contribution in [-0.4, -0.2) is 50.3 Å². The van der Waals surface area contributed by atoms with Gasteiger partial charge in [0.2, 0.25) is 0 Å². The van der Waals surface area contributed by atoms with Gasteiger partial charge in [-0.15, -0.1) is 0 Å². The van der Waals surface area contributed by atoms with Crippen LogP contribution in [0, 0.1) is 0 Å². The fourth-order valence-electron chi connectivity index (χ4n) is 3.60. The molecule has 2 aliphatic rings. The monoisotopic (exact) mass is 409 g/mol. The number of ether oxygens (including phenoxy) is 2. The average molecular weight is 410 g/mol. The lowest BCUT2D eigenvalue weighted by atomic mass is 10.1. The van der Waals surface area contributed by atoms with E-state index in [9.17, 15) is 4.79 Å². The Labute approximate surface area is 178 Å². The van der Waals surface area contributed by atoms with Crippen LogP contribution in [-0.2, 0) is 0 Å². The first-order valence-electron chi connectivity index (χ1n) is 10.7. The van der Waals surface area contributed by atoms with Crippen molar-refractivity contribution in [1.82, 2.24) is 10.2 Å². The lowest BCUT2D eigenvalue weighted by molar-refractivity contribution is 0.214. The van der Waals surface area contributed by atoms with Crippen molar-refractivity contribution in [1.29, 1.82) is 0 Å². The molecule has 0 spiro atoms. The van der Waals surface area contributed by atoms with Crippen molar-refractivity contribution >= 4 is 11.7 Å². The third kappa shape index (κ3) is 5.17. The summed E-state index contributed by atoms with van der Waals surface area (Å²) in [5, 5.41) is 2.96. The summed E-state index contributed by atoms with van der Waals surface area (Å²) >= 11 is 0. The summed E-state index contributed by atoms with van der Waals surface area (Å²) in [4.78, 5) is 15.7. The Morgan fingerprint density at radius 2 is 1.57 bits per heavy atom. The topological polar surface area (TPSA) is 54.0 Å². The normalized spacial score (nSPS) is 19.3. The van der Waals surface area contributed by atoms with Crippen LogP contribution in [0.2, 0.25) is 0 Å². The quantitative estimate of drug-likeness (QED) is 0.744. The van der Waals surface area contributed by atoms with Gasteiger partial charge in [-0.05, 0) is 61.7 Å². The molecule has 2 fully saturated rings. The molecule has 1 saturated carbocycles. The van der Waals surface area contributed by atoms with Crippen LogP contribution in [0.15, 0.2) is 48.5 Å². The van der Waals surface area contributed by atoms with Crippen LogP contribution in [0.5, 0.6) is 11.5 Å². The molecule has 1 N–H and O–H groups in total. The number of nitrogens with one attached hydrogen (secondary N) is 1. The zero-order chi connectivity index (χ0) is 21.1. The van der Waals surface area contributed by atoms with E-state index in [1.54, 1.807) is 14.1 Å². The Kier molecular flexibility index (Phi) is 6.02. The molecule has 0 radical (unpaired) electrons. The van der Waals surface area contributed by atoms with Gasteiger partial charge < -0.3 is 24.6 Å². The van der Waals surface area contributed by atoms with E-state index in [0.717, 1.165) is 36.6 Å². The summed E-state index contributed by atoms with van der Waals surface area (Å²) in [6, 6.07) is 16.3. The highest BCUT2D eigenvalue weighted by Crippen LogP contribution is 2.30. The number of hydrogen-bond donors (Lipinski definition) is 1. The average Bonchev–Trinajstić information content (AvgIpc) is 3.44. The van der Waals surface area contributed by atoms with Gasteiger partial charge >= 0.3 is 6.03 Å². The maximum Gasteiger partial charge on any atom is 0.317 e. The smallest absolute Gasteiger partial charge is 0.317 e. The van der Waals surface area contributed by atoms with Gasteiger partial charge in [-0.1, -0.05) is 12.1 Å². The van der Waals surface area contributed by atoms with Crippen LogP contribution in [0.3, 0.4) is 0 Å². The Balaban J connectivity index is 1.28. The molecule has 0 aromatic heterocycles. The predicted molar refractivity (Wildman–Crippen MR) is 118 cm³/mol. The summed E-state index contributed by atoms with van der Waals surface area (Å²) in [7, 11) is 3.47.